The Hall–Kier alpha value is -2.57. The van der Waals surface area contributed by atoms with Crippen LogP contribution in [0.1, 0.15) is 11.3 Å². The van der Waals surface area contributed by atoms with Crippen molar-refractivity contribution in [2.75, 3.05) is 12.8 Å². The third-order valence-electron chi connectivity index (χ3n) is 2.78. The maximum Gasteiger partial charge on any atom is 0.333 e. The van der Waals surface area contributed by atoms with E-state index in [1.165, 1.54) is 4.68 Å². The highest BCUT2D eigenvalue weighted by Crippen LogP contribution is 2.26. The number of aromatic nitrogens is 2. The predicted octanol–water partition coefficient (Wildman–Crippen LogP) is 1.74. The van der Waals surface area contributed by atoms with Gasteiger partial charge in [-0.1, -0.05) is 12.1 Å². The maximum atomic E-state index is 10.9. The fourth-order valence-electron chi connectivity index (χ4n) is 1.88. The van der Waals surface area contributed by atoms with E-state index in [1.807, 2.05) is 24.3 Å². The molecule has 2 N–H and O–H groups in total. The third kappa shape index (κ3) is 2.49. The summed E-state index contributed by atoms with van der Waals surface area (Å²) in [6.07, 6.45) is 0. The molecule has 1 aromatic heterocycles. The van der Waals surface area contributed by atoms with Crippen LogP contribution >= 0.6 is 0 Å². The number of ether oxygens (including phenoxy) is 1. The van der Waals surface area contributed by atoms with Crippen molar-refractivity contribution in [3.63, 3.8) is 0 Å². The summed E-state index contributed by atoms with van der Waals surface area (Å²) in [5, 5.41) is 15.0. The molecule has 0 amide bonds. The number of rotatable bonds is 4. The van der Waals surface area contributed by atoms with E-state index >= 15 is 0 Å². The average molecular weight is 262 g/mol. The summed E-state index contributed by atoms with van der Waals surface area (Å²) in [7, 11) is 1.58. The summed E-state index contributed by atoms with van der Waals surface area (Å²) in [6, 6.07) is 7.38. The van der Waals surface area contributed by atoms with Gasteiger partial charge in [-0.25, -0.2) is 4.68 Å². The highest BCUT2D eigenvalue weighted by atomic mass is 16.6. The molecule has 7 nitrogen and oxygen atoms in total. The summed E-state index contributed by atoms with van der Waals surface area (Å²) in [4.78, 5) is 10.3. The van der Waals surface area contributed by atoms with E-state index in [-0.39, 0.29) is 11.5 Å². The Morgan fingerprint density at radius 2 is 2.26 bits per heavy atom. The van der Waals surface area contributed by atoms with Gasteiger partial charge in [0.25, 0.3) is 0 Å². The van der Waals surface area contributed by atoms with Gasteiger partial charge in [0.15, 0.2) is 0 Å². The largest absolute Gasteiger partial charge is 0.497 e. The molecule has 1 aromatic carbocycles. The zero-order chi connectivity index (χ0) is 14.0. The second-order valence-electron chi connectivity index (χ2n) is 4.09. The number of hydrogen-bond acceptors (Lipinski definition) is 5. The molecule has 2 rings (SSSR count). The number of anilines is 1. The molecule has 0 fully saturated rings. The summed E-state index contributed by atoms with van der Waals surface area (Å²) in [5.74, 6) is 0.778. The van der Waals surface area contributed by atoms with Crippen molar-refractivity contribution in [3.8, 4) is 5.75 Å². The Balaban J connectivity index is 2.33. The van der Waals surface area contributed by atoms with Gasteiger partial charge in [0.05, 0.1) is 18.6 Å². The van der Waals surface area contributed by atoms with Crippen LogP contribution in [0.2, 0.25) is 0 Å². The van der Waals surface area contributed by atoms with Crippen LogP contribution in [0, 0.1) is 17.0 Å². The Morgan fingerprint density at radius 3 is 2.84 bits per heavy atom. The zero-order valence-electron chi connectivity index (χ0n) is 10.7. The van der Waals surface area contributed by atoms with Crippen LogP contribution in [-0.4, -0.2) is 21.8 Å². The lowest BCUT2D eigenvalue weighted by Gasteiger charge is -2.05. The Morgan fingerprint density at radius 1 is 1.53 bits per heavy atom. The number of hydrogen-bond donors (Lipinski definition) is 1. The van der Waals surface area contributed by atoms with Crippen LogP contribution in [0.15, 0.2) is 24.3 Å². The molecule has 0 aliphatic carbocycles. The van der Waals surface area contributed by atoms with E-state index < -0.39 is 4.92 Å². The molecule has 100 valence electrons. The maximum absolute atomic E-state index is 10.9. The van der Waals surface area contributed by atoms with E-state index in [4.69, 9.17) is 10.5 Å². The first-order valence-electron chi connectivity index (χ1n) is 5.63. The van der Waals surface area contributed by atoms with E-state index in [9.17, 15) is 10.1 Å². The van der Waals surface area contributed by atoms with Crippen molar-refractivity contribution >= 4 is 11.5 Å². The Kier molecular flexibility index (Phi) is 3.37. The molecular weight excluding hydrogens is 248 g/mol. The average Bonchev–Trinajstić information content (AvgIpc) is 2.64. The van der Waals surface area contributed by atoms with Gasteiger partial charge in [-0.3, -0.25) is 10.1 Å². The molecule has 0 aliphatic rings. The molecular formula is C12H14N4O3. The molecule has 0 bridgehead atoms. The molecule has 1 heterocycles. The van der Waals surface area contributed by atoms with Gasteiger partial charge in [0.1, 0.15) is 11.4 Å². The highest BCUT2D eigenvalue weighted by Gasteiger charge is 2.22. The predicted molar refractivity (Wildman–Crippen MR) is 70.1 cm³/mol. The molecule has 19 heavy (non-hydrogen) atoms. The summed E-state index contributed by atoms with van der Waals surface area (Å²) in [6.45, 7) is 1.92. The van der Waals surface area contributed by atoms with Crippen molar-refractivity contribution in [2.45, 2.75) is 13.5 Å². The number of nitrogens with zero attached hydrogens (tertiary/aromatic N) is 3. The lowest BCUT2D eigenvalue weighted by molar-refractivity contribution is -0.384. The van der Waals surface area contributed by atoms with Gasteiger partial charge < -0.3 is 10.5 Å². The lowest BCUT2D eigenvalue weighted by Crippen LogP contribution is -2.06. The normalized spacial score (nSPS) is 10.4. The fraction of sp³-hybridized carbons (Fsp3) is 0.250. The Bertz CT molecular complexity index is 621. The van der Waals surface area contributed by atoms with E-state index in [1.54, 1.807) is 14.0 Å². The van der Waals surface area contributed by atoms with Crippen LogP contribution in [0.5, 0.6) is 5.75 Å². The lowest BCUT2D eigenvalue weighted by atomic mass is 10.2. The number of nitrogens with two attached hydrogens (primary N) is 1. The third-order valence-corrected chi connectivity index (χ3v) is 2.78. The molecule has 2 aromatic rings. The smallest absolute Gasteiger partial charge is 0.333 e. The SMILES string of the molecule is COc1cccc(Cn2nc(C)c([N+](=O)[O-])c2N)c1. The fourth-order valence-corrected chi connectivity index (χ4v) is 1.88. The molecule has 0 aliphatic heterocycles. The summed E-state index contributed by atoms with van der Waals surface area (Å²) in [5.41, 5.74) is 6.83. The van der Waals surface area contributed by atoms with Crippen molar-refractivity contribution in [1.82, 2.24) is 9.78 Å². The van der Waals surface area contributed by atoms with Gasteiger partial charge in [-0.15, -0.1) is 0 Å². The van der Waals surface area contributed by atoms with Crippen LogP contribution in [0.3, 0.4) is 0 Å². The van der Waals surface area contributed by atoms with Gasteiger partial charge in [0.2, 0.25) is 5.82 Å². The molecule has 0 saturated carbocycles. The molecule has 7 heteroatoms. The molecule has 0 atom stereocenters. The van der Waals surface area contributed by atoms with Crippen molar-refractivity contribution in [1.29, 1.82) is 0 Å². The van der Waals surface area contributed by atoms with E-state index in [0.29, 0.717) is 12.2 Å². The van der Waals surface area contributed by atoms with Gasteiger partial charge in [-0.2, -0.15) is 5.10 Å². The van der Waals surface area contributed by atoms with Crippen LogP contribution in [0.25, 0.3) is 0 Å². The van der Waals surface area contributed by atoms with Gasteiger partial charge in [0, 0.05) is 0 Å². The number of nitrogen functional groups attached to an aromatic ring is 1. The van der Waals surface area contributed by atoms with Crippen molar-refractivity contribution in [3.05, 3.63) is 45.6 Å². The van der Waals surface area contributed by atoms with E-state index in [0.717, 1.165) is 11.3 Å². The first-order chi connectivity index (χ1) is 9.02. The number of methoxy groups -OCH3 is 1. The summed E-state index contributed by atoms with van der Waals surface area (Å²) >= 11 is 0. The first-order valence-corrected chi connectivity index (χ1v) is 5.63. The molecule has 0 saturated heterocycles. The monoisotopic (exact) mass is 262 g/mol. The Labute approximate surface area is 109 Å². The topological polar surface area (TPSA) is 96.2 Å². The molecule has 0 unspecified atom stereocenters. The van der Waals surface area contributed by atoms with Crippen LogP contribution < -0.4 is 10.5 Å². The number of nitro groups is 1. The minimum Gasteiger partial charge on any atom is -0.497 e. The zero-order valence-corrected chi connectivity index (χ0v) is 10.7. The van der Waals surface area contributed by atoms with E-state index in [2.05, 4.69) is 5.10 Å². The minimum atomic E-state index is -0.514. The van der Waals surface area contributed by atoms with Gasteiger partial charge >= 0.3 is 5.69 Å². The van der Waals surface area contributed by atoms with Crippen molar-refractivity contribution < 1.29 is 9.66 Å². The molecule has 0 spiro atoms. The first kappa shape index (κ1) is 12.9. The highest BCUT2D eigenvalue weighted by molar-refractivity contribution is 5.56. The van der Waals surface area contributed by atoms with Crippen molar-refractivity contribution in [2.24, 2.45) is 0 Å². The molecule has 0 radical (unpaired) electrons. The second kappa shape index (κ2) is 4.97. The summed E-state index contributed by atoms with van der Waals surface area (Å²) < 4.78 is 6.54. The second-order valence-corrected chi connectivity index (χ2v) is 4.09. The van der Waals surface area contributed by atoms with Gasteiger partial charge in [-0.05, 0) is 24.6 Å². The quantitative estimate of drug-likeness (QED) is 0.668. The number of aryl methyl sites for hydroxylation is 1. The minimum absolute atomic E-state index is 0.0605. The number of benzene rings is 1. The van der Waals surface area contributed by atoms with Crippen LogP contribution in [0.4, 0.5) is 11.5 Å². The van der Waals surface area contributed by atoms with Crippen LogP contribution in [-0.2, 0) is 6.54 Å². The standard InChI is InChI=1S/C12H14N4O3/c1-8-11(16(17)18)12(13)15(14-8)7-9-4-3-5-10(6-9)19-2/h3-6H,7,13H2,1-2H3.